The predicted molar refractivity (Wildman–Crippen MR) is 602 cm³/mol. The van der Waals surface area contributed by atoms with Crippen molar-refractivity contribution in [2.75, 3.05) is 9.80 Å². The van der Waals surface area contributed by atoms with Crippen molar-refractivity contribution in [3.63, 3.8) is 0 Å². The molecule has 22 aromatic carbocycles. The van der Waals surface area contributed by atoms with E-state index in [4.69, 9.17) is 0 Å². The molecular weight excluding hydrogens is 1710 g/mol. The van der Waals surface area contributed by atoms with Crippen molar-refractivity contribution >= 4 is 55.7 Å². The van der Waals surface area contributed by atoms with Crippen molar-refractivity contribution in [2.24, 2.45) is 0 Å². The second-order valence-electron chi connectivity index (χ2n) is 41.1. The van der Waals surface area contributed by atoms with E-state index in [0.29, 0.717) is 0 Å². The topological polar surface area (TPSA) is 6.48 Å². The Bertz CT molecular complexity index is 8270. The third-order valence-corrected chi connectivity index (χ3v) is 31.4. The molecule has 0 unspecified atom stereocenters. The molecule has 0 saturated carbocycles. The first-order chi connectivity index (χ1) is 69.4. The Morgan fingerprint density at radius 2 is 0.317 bits per heavy atom. The molecule has 4 aliphatic carbocycles. The van der Waals surface area contributed by atoms with Gasteiger partial charge in [0.05, 0.1) is 0 Å². The summed E-state index contributed by atoms with van der Waals surface area (Å²) in [5, 5.41) is 5.02. The highest BCUT2D eigenvalue weighted by molar-refractivity contribution is 5.99. The highest BCUT2D eigenvalue weighted by Gasteiger charge is 2.42. The predicted octanol–water partition coefficient (Wildman–Crippen LogP) is 38.5. The van der Waals surface area contributed by atoms with Gasteiger partial charge in [-0.15, -0.1) is 0 Å². The number of fused-ring (bicyclic) bond motifs is 14. The minimum absolute atomic E-state index is 0.215. The number of nitrogens with zero attached hydrogens (tertiary/aromatic N) is 2. The summed E-state index contributed by atoms with van der Waals surface area (Å²) >= 11 is 0. The van der Waals surface area contributed by atoms with Crippen LogP contribution in [0.2, 0.25) is 0 Å². The maximum Gasteiger partial charge on any atom is 0.0465 e. The van der Waals surface area contributed by atoms with E-state index in [0.717, 1.165) is 34.1 Å². The zero-order valence-corrected chi connectivity index (χ0v) is 81.2. The lowest BCUT2D eigenvalue weighted by molar-refractivity contribution is 0.660. The van der Waals surface area contributed by atoms with Gasteiger partial charge in [-0.05, 0) is 325 Å². The molecule has 142 heavy (non-hydrogen) atoms. The summed E-state index contributed by atoms with van der Waals surface area (Å²) in [6.07, 6.45) is 0. The molecule has 0 N–H and O–H groups in total. The van der Waals surface area contributed by atoms with E-state index in [1.165, 1.54) is 222 Å². The molecule has 22 aromatic rings. The first-order valence-corrected chi connectivity index (χ1v) is 50.0. The Labute approximate surface area is 834 Å². The molecule has 0 amide bonds. The van der Waals surface area contributed by atoms with Gasteiger partial charge in [-0.1, -0.05) is 450 Å². The monoisotopic (exact) mass is 1810 g/mol. The lowest BCUT2D eigenvalue weighted by Crippen LogP contribution is -2.18. The molecule has 0 aliphatic heterocycles. The fourth-order valence-electron chi connectivity index (χ4n) is 23.5. The molecule has 4 aliphatic rings. The fourth-order valence-corrected chi connectivity index (χ4v) is 23.5. The lowest BCUT2D eigenvalue weighted by Gasteiger charge is -2.30. The molecular formula is C140H106N2. The van der Waals surface area contributed by atoms with Gasteiger partial charge in [0.25, 0.3) is 0 Å². The molecule has 26 rings (SSSR count). The summed E-state index contributed by atoms with van der Waals surface area (Å²) in [4.78, 5) is 4.95. The van der Waals surface area contributed by atoms with Crippen molar-refractivity contribution in [3.05, 3.63) is 542 Å². The zero-order chi connectivity index (χ0) is 95.7. The van der Waals surface area contributed by atoms with Crippen molar-refractivity contribution in [1.29, 1.82) is 0 Å². The highest BCUT2D eigenvalue weighted by Crippen LogP contribution is 2.59. The lowest BCUT2D eigenvalue weighted by atomic mass is 9.81. The Morgan fingerprint density at radius 3 is 0.620 bits per heavy atom. The van der Waals surface area contributed by atoms with E-state index in [-0.39, 0.29) is 21.7 Å². The summed E-state index contributed by atoms with van der Waals surface area (Å²) in [7, 11) is 0. The highest BCUT2D eigenvalue weighted by atomic mass is 15.1. The molecule has 0 spiro atoms. The Kier molecular flexibility index (Phi) is 21.0. The molecule has 0 bridgehead atoms. The van der Waals surface area contributed by atoms with Crippen LogP contribution in [-0.4, -0.2) is 0 Å². The second kappa shape index (κ2) is 34.5. The van der Waals surface area contributed by atoms with Gasteiger partial charge in [0, 0.05) is 55.8 Å². The van der Waals surface area contributed by atoms with Crippen LogP contribution in [0.1, 0.15) is 99.9 Å². The number of anilines is 6. The van der Waals surface area contributed by atoms with Gasteiger partial charge < -0.3 is 9.80 Å². The van der Waals surface area contributed by atoms with Crippen LogP contribution in [0.4, 0.5) is 34.1 Å². The zero-order valence-electron chi connectivity index (χ0n) is 81.2. The molecule has 0 radical (unpaired) electrons. The van der Waals surface area contributed by atoms with Gasteiger partial charge in [-0.3, -0.25) is 0 Å². The Balaban J connectivity index is 0.000000149. The minimum atomic E-state index is -0.217. The van der Waals surface area contributed by atoms with Gasteiger partial charge >= 0.3 is 0 Å². The Hall–Kier alpha value is -17.0. The van der Waals surface area contributed by atoms with Crippen LogP contribution in [0.15, 0.2) is 497 Å². The maximum absolute atomic E-state index is 2.48. The van der Waals surface area contributed by atoms with E-state index in [9.17, 15) is 0 Å². The van der Waals surface area contributed by atoms with Crippen molar-refractivity contribution in [1.82, 2.24) is 0 Å². The molecule has 0 heterocycles. The summed E-state index contributed by atoms with van der Waals surface area (Å²) in [5.74, 6) is 0. The van der Waals surface area contributed by atoms with E-state index in [1.54, 1.807) is 0 Å². The molecule has 0 saturated heterocycles. The molecule has 0 fully saturated rings. The average molecular weight is 1820 g/mol. The summed E-state index contributed by atoms with van der Waals surface area (Å²) < 4.78 is 0. The van der Waals surface area contributed by atoms with Crippen molar-refractivity contribution in [3.8, 4) is 156 Å². The maximum atomic E-state index is 2.48. The number of hydrogen-bond donors (Lipinski definition) is 0. The molecule has 0 aromatic heterocycles. The molecule has 676 valence electrons. The van der Waals surface area contributed by atoms with E-state index in [1.807, 2.05) is 0 Å². The second-order valence-corrected chi connectivity index (χ2v) is 41.1. The van der Waals surface area contributed by atoms with E-state index >= 15 is 0 Å². The van der Waals surface area contributed by atoms with Crippen LogP contribution in [-0.2, 0) is 21.7 Å². The third kappa shape index (κ3) is 15.1. The van der Waals surface area contributed by atoms with Gasteiger partial charge in [0.15, 0.2) is 0 Å². The van der Waals surface area contributed by atoms with Gasteiger partial charge in [0.2, 0.25) is 0 Å². The number of rotatable bonds is 16. The fraction of sp³-hybridized carbons (Fsp3) is 0.0857. The van der Waals surface area contributed by atoms with Crippen LogP contribution in [0.3, 0.4) is 0 Å². The van der Waals surface area contributed by atoms with Gasteiger partial charge in [-0.25, -0.2) is 0 Å². The summed E-state index contributed by atoms with van der Waals surface area (Å²) in [5.41, 5.74) is 51.9. The van der Waals surface area contributed by atoms with Crippen LogP contribution >= 0.6 is 0 Å². The first-order valence-electron chi connectivity index (χ1n) is 50.0. The smallest absolute Gasteiger partial charge is 0.0465 e. The van der Waals surface area contributed by atoms with Crippen molar-refractivity contribution in [2.45, 2.75) is 77.0 Å². The van der Waals surface area contributed by atoms with E-state index in [2.05, 4.69) is 563 Å². The third-order valence-electron chi connectivity index (χ3n) is 31.4. The van der Waals surface area contributed by atoms with Crippen LogP contribution in [0.25, 0.3) is 177 Å². The standard InChI is InChI=1S/2C70H53N/c1-69(2)65-42-54(50-26-22-48(23-27-50)46-14-7-5-8-15-46)32-38-61(65)63-40-36-57(44-67(63)69)71(56-34-30-53(31-35-56)60-21-13-19-52-18-11-12-20-59(52)60)58-37-41-64-62-39-33-55(43-66(62)70(3,4)68(64)45-58)51-28-24-49(25-29-51)47-16-9-6-10-17-47;1-69(2)65-42-56(51-23-19-49(20-24-51)46-13-7-5-8-14-46)31-37-61(65)63-39-35-59(44-67(63)69)71(58-33-29-53(30-34-58)55-28-27-48-17-11-12-18-54(48)41-55)60-36-40-64-62-38-32-57(43-66(62)70(3,4)68(64)45-60)52-25-21-50(22-26-52)47-15-9-6-10-16-47/h2*5-45H,1-4H3. The Morgan fingerprint density at radius 1 is 0.120 bits per heavy atom. The van der Waals surface area contributed by atoms with Crippen LogP contribution in [0, 0.1) is 0 Å². The number of hydrogen-bond acceptors (Lipinski definition) is 2. The normalized spacial score (nSPS) is 13.6. The summed E-state index contributed by atoms with van der Waals surface area (Å²) in [6, 6.07) is 185. The van der Waals surface area contributed by atoms with Crippen LogP contribution in [0.5, 0.6) is 0 Å². The summed E-state index contributed by atoms with van der Waals surface area (Å²) in [6.45, 7) is 19.2. The molecule has 2 heteroatoms. The minimum Gasteiger partial charge on any atom is -0.310 e. The molecule has 0 atom stereocenters. The van der Waals surface area contributed by atoms with E-state index < -0.39 is 0 Å². The van der Waals surface area contributed by atoms with Gasteiger partial charge in [-0.2, -0.15) is 0 Å². The van der Waals surface area contributed by atoms with Crippen molar-refractivity contribution < 1.29 is 0 Å². The molecule has 2 nitrogen and oxygen atoms in total. The average Bonchev–Trinajstić information content (AvgIpc) is 1.57. The van der Waals surface area contributed by atoms with Crippen LogP contribution < -0.4 is 9.80 Å². The number of benzene rings is 22. The first kappa shape index (κ1) is 86.5. The SMILES string of the molecule is CC1(C)c2cc(-c3ccc(-c4ccccc4)cc3)ccc2-c2ccc(N(c3ccc(-c4ccc5ccccc5c4)cc3)c3ccc4c(c3)C(C)(C)c3cc(-c5ccc(-c6ccccc6)cc5)ccc3-4)cc21.CC1(C)c2cc(-c3ccc(-c4ccccc4)cc3)ccc2-c2ccc(N(c3ccc(-c4cccc5ccccc45)cc3)c3ccc4c(c3)C(C)(C)c3cc(-c5ccc(-c6ccccc6)cc5)ccc3-4)cc21. The largest absolute Gasteiger partial charge is 0.310 e. The van der Waals surface area contributed by atoms with Gasteiger partial charge in [0.1, 0.15) is 0 Å². The quantitative estimate of drug-likeness (QED) is 0.0951.